The Morgan fingerprint density at radius 2 is 1.69 bits per heavy atom. The van der Waals surface area contributed by atoms with Crippen LogP contribution < -0.4 is 9.47 Å². The van der Waals surface area contributed by atoms with E-state index in [0.717, 1.165) is 22.5 Å². The van der Waals surface area contributed by atoms with Crippen LogP contribution in [0.3, 0.4) is 0 Å². The van der Waals surface area contributed by atoms with Gasteiger partial charge < -0.3 is 19.5 Å². The van der Waals surface area contributed by atoms with E-state index in [0.29, 0.717) is 79.8 Å². The first-order chi connectivity index (χ1) is 20.3. The molecule has 5 rings (SSSR count). The van der Waals surface area contributed by atoms with Crippen molar-refractivity contribution < 1.29 is 33.4 Å². The highest BCUT2D eigenvalue weighted by atomic mass is 19.1. The van der Waals surface area contributed by atoms with Gasteiger partial charge in [0.1, 0.15) is 12.4 Å². The Labute approximate surface area is 245 Å². The van der Waals surface area contributed by atoms with Gasteiger partial charge in [0.15, 0.2) is 23.1 Å². The molecule has 0 spiro atoms. The van der Waals surface area contributed by atoms with Crippen molar-refractivity contribution in [1.82, 2.24) is 4.90 Å². The number of hydrogen-bond acceptors (Lipinski definition) is 6. The van der Waals surface area contributed by atoms with Crippen molar-refractivity contribution in [3.8, 4) is 11.5 Å². The van der Waals surface area contributed by atoms with Crippen molar-refractivity contribution in [3.05, 3.63) is 94.1 Å². The molecule has 2 aromatic carbocycles. The summed E-state index contributed by atoms with van der Waals surface area (Å²) in [5, 5.41) is 9.44. The molecule has 1 heterocycles. The number of carboxylic acids is 1. The van der Waals surface area contributed by atoms with Crippen LogP contribution >= 0.6 is 0 Å². The lowest BCUT2D eigenvalue weighted by Crippen LogP contribution is -2.40. The largest absolute Gasteiger partial charge is 0.490 e. The smallest absolute Gasteiger partial charge is 0.305 e. The number of benzene rings is 2. The van der Waals surface area contributed by atoms with Gasteiger partial charge in [-0.3, -0.25) is 14.4 Å². The summed E-state index contributed by atoms with van der Waals surface area (Å²) in [6.07, 6.45) is 5.48. The number of carbonyl (C=O) groups is 3. The maximum atomic E-state index is 14.4. The van der Waals surface area contributed by atoms with Gasteiger partial charge in [-0.15, -0.1) is 6.58 Å². The molecular weight excluding hydrogens is 537 g/mol. The van der Waals surface area contributed by atoms with Crippen molar-refractivity contribution in [2.75, 3.05) is 13.2 Å². The van der Waals surface area contributed by atoms with Crippen LogP contribution in [0.1, 0.15) is 74.5 Å². The lowest BCUT2D eigenvalue weighted by atomic mass is 9.70. The normalized spacial score (nSPS) is 17.2. The zero-order valence-corrected chi connectivity index (χ0v) is 23.9. The number of nitrogens with zero attached hydrogens (tertiary/aromatic N) is 1. The molecule has 0 aromatic heterocycles. The van der Waals surface area contributed by atoms with Crippen LogP contribution in [-0.4, -0.2) is 40.7 Å². The fourth-order valence-electron chi connectivity index (χ4n) is 6.38. The third kappa shape index (κ3) is 5.75. The summed E-state index contributed by atoms with van der Waals surface area (Å²) in [7, 11) is 0. The van der Waals surface area contributed by atoms with E-state index in [1.807, 2.05) is 24.0 Å². The zero-order valence-electron chi connectivity index (χ0n) is 23.9. The van der Waals surface area contributed by atoms with Crippen LogP contribution in [0.25, 0.3) is 0 Å². The molecule has 0 amide bonds. The summed E-state index contributed by atoms with van der Waals surface area (Å²) in [6.45, 7) is 6.33. The second-order valence-electron chi connectivity index (χ2n) is 10.8. The molecular formula is C34H36FNO6. The fourth-order valence-corrected chi connectivity index (χ4v) is 6.38. The molecule has 0 radical (unpaired) electrons. The Bertz CT molecular complexity index is 1440. The van der Waals surface area contributed by atoms with Crippen LogP contribution in [0.15, 0.2) is 71.6 Å². The lowest BCUT2D eigenvalue weighted by Gasteiger charge is -2.44. The standard InChI is InChI=1S/C34H36FNO6/c1-3-9-21-18-23(19-29(41-4-2)34(21)42-20-22-10-5-6-11-24(22)35)31-32-25(12-7-14-27(32)37)36(17-16-30(39)40)26-13-8-15-28(38)33(26)31/h3,5-6,10-11,18-19,31H,1,4,7-9,12-17,20H2,2H3,(H,39,40). The molecule has 7 nitrogen and oxygen atoms in total. The first-order valence-corrected chi connectivity index (χ1v) is 14.6. The molecule has 1 N–H and O–H groups in total. The summed E-state index contributed by atoms with van der Waals surface area (Å²) in [5.41, 5.74) is 4.72. The van der Waals surface area contributed by atoms with E-state index < -0.39 is 11.9 Å². The number of carbonyl (C=O) groups excluding carboxylic acids is 2. The van der Waals surface area contributed by atoms with Crippen molar-refractivity contribution in [2.45, 2.75) is 70.8 Å². The van der Waals surface area contributed by atoms with Crippen molar-refractivity contribution in [1.29, 1.82) is 0 Å². The molecule has 220 valence electrons. The number of allylic oxidation sites excluding steroid dienone is 5. The summed E-state index contributed by atoms with van der Waals surface area (Å²) < 4.78 is 26.6. The highest BCUT2D eigenvalue weighted by Crippen LogP contribution is 2.50. The SMILES string of the molecule is C=CCc1cc(C2C3=C(CCCC3=O)N(CCC(=O)O)C3=C2C(=O)CCC3)cc(OCC)c1OCc1ccccc1F. The van der Waals surface area contributed by atoms with Crippen LogP contribution in [0.4, 0.5) is 4.39 Å². The third-order valence-electron chi connectivity index (χ3n) is 8.12. The van der Waals surface area contributed by atoms with E-state index in [9.17, 15) is 23.9 Å². The van der Waals surface area contributed by atoms with Crippen molar-refractivity contribution in [2.24, 2.45) is 0 Å². The van der Waals surface area contributed by atoms with Gasteiger partial charge in [0.05, 0.1) is 13.0 Å². The minimum atomic E-state index is -0.924. The molecule has 0 fully saturated rings. The second-order valence-corrected chi connectivity index (χ2v) is 10.8. The molecule has 2 aromatic rings. The Balaban J connectivity index is 1.66. The molecule has 0 bridgehead atoms. The number of ether oxygens (including phenoxy) is 2. The summed E-state index contributed by atoms with van der Waals surface area (Å²) >= 11 is 0. The highest BCUT2D eigenvalue weighted by Gasteiger charge is 2.43. The topological polar surface area (TPSA) is 93.1 Å². The third-order valence-corrected chi connectivity index (χ3v) is 8.12. The van der Waals surface area contributed by atoms with E-state index in [4.69, 9.17) is 9.47 Å². The molecule has 42 heavy (non-hydrogen) atoms. The Morgan fingerprint density at radius 3 is 2.29 bits per heavy atom. The van der Waals surface area contributed by atoms with E-state index in [1.54, 1.807) is 24.3 Å². The van der Waals surface area contributed by atoms with Crippen LogP contribution in [0, 0.1) is 5.82 Å². The average Bonchev–Trinajstić information content (AvgIpc) is 2.96. The molecule has 0 unspecified atom stereocenters. The monoisotopic (exact) mass is 573 g/mol. The van der Waals surface area contributed by atoms with Gasteiger partial charge in [-0.2, -0.15) is 0 Å². The maximum absolute atomic E-state index is 14.4. The van der Waals surface area contributed by atoms with Gasteiger partial charge in [-0.1, -0.05) is 30.3 Å². The van der Waals surface area contributed by atoms with E-state index in [2.05, 4.69) is 6.58 Å². The molecule has 1 aliphatic heterocycles. The molecule has 0 saturated heterocycles. The number of hydrogen-bond donors (Lipinski definition) is 1. The predicted molar refractivity (Wildman–Crippen MR) is 156 cm³/mol. The molecule has 2 aliphatic carbocycles. The first-order valence-electron chi connectivity index (χ1n) is 14.6. The number of carboxylic acid groups (broad SMARTS) is 1. The number of Topliss-reactive ketones (excluding diaryl/α,β-unsaturated/α-hetero) is 2. The van der Waals surface area contributed by atoms with Crippen molar-refractivity contribution >= 4 is 17.5 Å². The number of rotatable bonds is 11. The Hall–Kier alpha value is -4.20. The van der Waals surface area contributed by atoms with E-state index >= 15 is 0 Å². The number of aliphatic carboxylic acids is 1. The van der Waals surface area contributed by atoms with Gasteiger partial charge in [0, 0.05) is 59.0 Å². The molecule has 0 atom stereocenters. The number of halogens is 1. The first kappa shape index (κ1) is 29.3. The molecule has 0 saturated carbocycles. The van der Waals surface area contributed by atoms with Crippen molar-refractivity contribution in [3.63, 3.8) is 0 Å². The van der Waals surface area contributed by atoms with Crippen LogP contribution in [-0.2, 0) is 27.4 Å². The maximum Gasteiger partial charge on any atom is 0.305 e. The average molecular weight is 574 g/mol. The minimum absolute atomic E-state index is 0.000221. The zero-order chi connectivity index (χ0) is 29.8. The summed E-state index contributed by atoms with van der Waals surface area (Å²) in [6, 6.07) is 10.2. The molecule has 8 heteroatoms. The quantitative estimate of drug-likeness (QED) is 0.310. The highest BCUT2D eigenvalue weighted by molar-refractivity contribution is 6.06. The Morgan fingerprint density at radius 1 is 1.02 bits per heavy atom. The van der Waals surface area contributed by atoms with Gasteiger partial charge >= 0.3 is 5.97 Å². The van der Waals surface area contributed by atoms with Gasteiger partial charge in [-0.25, -0.2) is 4.39 Å². The summed E-state index contributed by atoms with van der Waals surface area (Å²) in [5.74, 6) is -0.989. The van der Waals surface area contributed by atoms with E-state index in [-0.39, 0.29) is 37.0 Å². The van der Waals surface area contributed by atoms with Crippen LogP contribution in [0.2, 0.25) is 0 Å². The van der Waals surface area contributed by atoms with Gasteiger partial charge in [-0.05, 0) is 56.7 Å². The second kappa shape index (κ2) is 12.8. The minimum Gasteiger partial charge on any atom is -0.490 e. The number of ketones is 2. The molecule has 3 aliphatic rings. The van der Waals surface area contributed by atoms with Gasteiger partial charge in [0.2, 0.25) is 0 Å². The van der Waals surface area contributed by atoms with Gasteiger partial charge in [0.25, 0.3) is 0 Å². The van der Waals surface area contributed by atoms with E-state index in [1.165, 1.54) is 6.07 Å². The lowest BCUT2D eigenvalue weighted by molar-refractivity contribution is -0.137. The summed E-state index contributed by atoms with van der Waals surface area (Å²) in [4.78, 5) is 40.7. The van der Waals surface area contributed by atoms with Crippen LogP contribution in [0.5, 0.6) is 11.5 Å². The Kier molecular flexibility index (Phi) is 8.90. The predicted octanol–water partition coefficient (Wildman–Crippen LogP) is 6.42. The fraction of sp³-hybridized carbons (Fsp3) is 0.382.